The summed E-state index contributed by atoms with van der Waals surface area (Å²) < 4.78 is 1.10. The van der Waals surface area contributed by atoms with E-state index in [-0.39, 0.29) is 0 Å². The summed E-state index contributed by atoms with van der Waals surface area (Å²) >= 11 is 3.54. The van der Waals surface area contributed by atoms with Crippen LogP contribution in [0.25, 0.3) is 10.8 Å². The maximum Gasteiger partial charge on any atom is 0.159 e. The zero-order chi connectivity index (χ0) is 14.2. The topological polar surface area (TPSA) is 29.0 Å². The van der Waals surface area contributed by atoms with Crippen molar-refractivity contribution in [1.82, 2.24) is 10.2 Å². The van der Waals surface area contributed by atoms with Crippen LogP contribution in [-0.4, -0.2) is 23.3 Å². The summed E-state index contributed by atoms with van der Waals surface area (Å²) in [6.07, 6.45) is 8.85. The van der Waals surface area contributed by atoms with Crippen LogP contribution in [0.1, 0.15) is 32.1 Å². The van der Waals surface area contributed by atoms with Crippen LogP contribution in [0.5, 0.6) is 0 Å². The largest absolute Gasteiger partial charge is 0.354 e. The van der Waals surface area contributed by atoms with Crippen LogP contribution < -0.4 is 4.90 Å². The minimum atomic E-state index is 0.861. The molecular weight excluding hydrogens is 326 g/mol. The Labute approximate surface area is 133 Å². The maximum atomic E-state index is 4.46. The van der Waals surface area contributed by atoms with Crippen LogP contribution in [0.4, 0.5) is 5.82 Å². The smallest absolute Gasteiger partial charge is 0.159 e. The van der Waals surface area contributed by atoms with Gasteiger partial charge < -0.3 is 4.90 Å². The van der Waals surface area contributed by atoms with E-state index in [2.05, 4.69) is 49.2 Å². The fraction of sp³-hybridized carbons (Fsp3) is 0.529. The van der Waals surface area contributed by atoms with Gasteiger partial charge in [0.15, 0.2) is 5.82 Å². The van der Waals surface area contributed by atoms with E-state index in [0.717, 1.165) is 35.2 Å². The molecule has 0 N–H and O–H groups in total. The number of fused-ring (bicyclic) bond motifs is 2. The minimum Gasteiger partial charge on any atom is -0.354 e. The Hall–Kier alpha value is -1.16. The highest BCUT2D eigenvalue weighted by atomic mass is 79.9. The van der Waals surface area contributed by atoms with Gasteiger partial charge in [0.2, 0.25) is 0 Å². The molecule has 3 nitrogen and oxygen atoms in total. The molecule has 2 atom stereocenters. The number of rotatable bonds is 1. The highest BCUT2D eigenvalue weighted by Crippen LogP contribution is 2.38. The van der Waals surface area contributed by atoms with Crippen molar-refractivity contribution in [2.45, 2.75) is 32.1 Å². The van der Waals surface area contributed by atoms with Gasteiger partial charge in [-0.2, -0.15) is 5.10 Å². The Bertz CT molecular complexity index is 658. The lowest BCUT2D eigenvalue weighted by Gasteiger charge is -2.41. The van der Waals surface area contributed by atoms with Crippen molar-refractivity contribution in [2.24, 2.45) is 11.8 Å². The summed E-state index contributed by atoms with van der Waals surface area (Å²) in [4.78, 5) is 2.47. The van der Waals surface area contributed by atoms with Crippen molar-refractivity contribution in [3.8, 4) is 0 Å². The number of hydrogen-bond donors (Lipinski definition) is 0. The Balaban J connectivity index is 1.67. The molecule has 2 heterocycles. The zero-order valence-corrected chi connectivity index (χ0v) is 13.7. The van der Waals surface area contributed by atoms with E-state index in [1.54, 1.807) is 0 Å². The van der Waals surface area contributed by atoms with Crippen LogP contribution in [0.2, 0.25) is 0 Å². The molecule has 0 spiro atoms. The molecule has 1 saturated heterocycles. The van der Waals surface area contributed by atoms with Gasteiger partial charge in [-0.1, -0.05) is 35.2 Å². The summed E-state index contributed by atoms with van der Waals surface area (Å²) in [5, 5.41) is 11.1. The Morgan fingerprint density at radius 3 is 2.86 bits per heavy atom. The molecule has 1 aromatic carbocycles. The second-order valence-corrected chi connectivity index (χ2v) is 7.35. The van der Waals surface area contributed by atoms with Crippen molar-refractivity contribution >= 4 is 32.5 Å². The fourth-order valence-electron chi connectivity index (χ4n) is 4.07. The fourth-order valence-corrected chi connectivity index (χ4v) is 4.45. The third kappa shape index (κ3) is 2.54. The number of halogens is 1. The lowest BCUT2D eigenvalue weighted by Crippen LogP contribution is -2.42. The van der Waals surface area contributed by atoms with E-state index < -0.39 is 0 Å². The van der Waals surface area contributed by atoms with E-state index in [4.69, 9.17) is 0 Å². The predicted molar refractivity (Wildman–Crippen MR) is 89.5 cm³/mol. The minimum absolute atomic E-state index is 0.861. The molecule has 2 aliphatic rings. The highest BCUT2D eigenvalue weighted by molar-refractivity contribution is 9.10. The molecule has 4 rings (SSSR count). The average Bonchev–Trinajstić information content (AvgIpc) is 2.53. The number of aromatic nitrogens is 2. The monoisotopic (exact) mass is 345 g/mol. The first-order valence-corrected chi connectivity index (χ1v) is 8.76. The molecule has 0 radical (unpaired) electrons. The van der Waals surface area contributed by atoms with Crippen LogP contribution in [0.3, 0.4) is 0 Å². The van der Waals surface area contributed by atoms with Gasteiger partial charge in [0.25, 0.3) is 0 Å². The normalized spacial score (nSPS) is 25.9. The molecule has 0 amide bonds. The molecule has 2 fully saturated rings. The number of piperidine rings is 1. The SMILES string of the molecule is Brc1ccc2c(N3CC[C@H]4CCCC[C@H]4C3)nncc2c1. The molecule has 21 heavy (non-hydrogen) atoms. The molecule has 110 valence electrons. The predicted octanol–water partition coefficient (Wildman–Crippen LogP) is 4.41. The van der Waals surface area contributed by atoms with E-state index in [1.807, 2.05) is 6.20 Å². The Kier molecular flexibility index (Phi) is 3.57. The summed E-state index contributed by atoms with van der Waals surface area (Å²) in [7, 11) is 0. The molecule has 1 saturated carbocycles. The zero-order valence-electron chi connectivity index (χ0n) is 12.1. The van der Waals surface area contributed by atoms with Crippen LogP contribution >= 0.6 is 15.9 Å². The van der Waals surface area contributed by atoms with Crippen molar-refractivity contribution in [3.05, 3.63) is 28.9 Å². The van der Waals surface area contributed by atoms with E-state index in [0.29, 0.717) is 0 Å². The van der Waals surface area contributed by atoms with Gasteiger partial charge in [-0.25, -0.2) is 0 Å². The van der Waals surface area contributed by atoms with Gasteiger partial charge in [0.1, 0.15) is 0 Å². The van der Waals surface area contributed by atoms with Crippen LogP contribution in [0.15, 0.2) is 28.9 Å². The number of benzene rings is 1. The summed E-state index contributed by atoms with van der Waals surface area (Å²) in [6, 6.07) is 6.39. The molecule has 1 aliphatic carbocycles. The highest BCUT2D eigenvalue weighted by Gasteiger charge is 2.32. The quantitative estimate of drug-likeness (QED) is 0.766. The number of nitrogens with zero attached hydrogens (tertiary/aromatic N) is 3. The standard InChI is InChI=1S/C17H20BrN3/c18-15-5-6-16-14(9-15)10-19-20-17(16)21-8-7-12-3-1-2-4-13(12)11-21/h5-6,9-10,12-13H,1-4,7-8,11H2/t12-,13+/m1/s1. The third-order valence-electron chi connectivity index (χ3n) is 5.19. The third-order valence-corrected chi connectivity index (χ3v) is 5.69. The first-order valence-electron chi connectivity index (χ1n) is 7.97. The van der Waals surface area contributed by atoms with E-state index in [9.17, 15) is 0 Å². The Morgan fingerprint density at radius 2 is 1.95 bits per heavy atom. The second kappa shape index (κ2) is 5.56. The summed E-state index contributed by atoms with van der Waals surface area (Å²) in [5.41, 5.74) is 0. The van der Waals surface area contributed by atoms with Crippen molar-refractivity contribution in [1.29, 1.82) is 0 Å². The maximum absolute atomic E-state index is 4.46. The Morgan fingerprint density at radius 1 is 1.10 bits per heavy atom. The average molecular weight is 346 g/mol. The van der Waals surface area contributed by atoms with E-state index >= 15 is 0 Å². The van der Waals surface area contributed by atoms with Gasteiger partial charge in [0.05, 0.1) is 6.20 Å². The summed E-state index contributed by atoms with van der Waals surface area (Å²) in [5.74, 6) is 2.89. The number of hydrogen-bond acceptors (Lipinski definition) is 3. The van der Waals surface area contributed by atoms with Crippen molar-refractivity contribution < 1.29 is 0 Å². The second-order valence-electron chi connectivity index (χ2n) is 6.44. The van der Waals surface area contributed by atoms with Gasteiger partial charge >= 0.3 is 0 Å². The molecule has 0 bridgehead atoms. The van der Waals surface area contributed by atoms with Crippen LogP contribution in [0, 0.1) is 11.8 Å². The van der Waals surface area contributed by atoms with E-state index in [1.165, 1.54) is 42.9 Å². The lowest BCUT2D eigenvalue weighted by molar-refractivity contribution is 0.202. The number of anilines is 1. The molecule has 1 aromatic heterocycles. The van der Waals surface area contributed by atoms with Crippen LogP contribution in [-0.2, 0) is 0 Å². The first-order chi connectivity index (χ1) is 10.3. The molecule has 1 aliphatic heterocycles. The van der Waals surface area contributed by atoms with Crippen molar-refractivity contribution in [3.63, 3.8) is 0 Å². The molecule has 4 heteroatoms. The van der Waals surface area contributed by atoms with Gasteiger partial charge in [-0.15, -0.1) is 5.10 Å². The molecular formula is C17H20BrN3. The molecule has 0 unspecified atom stereocenters. The van der Waals surface area contributed by atoms with Gasteiger partial charge in [-0.3, -0.25) is 0 Å². The molecule has 2 aromatic rings. The van der Waals surface area contributed by atoms with Gasteiger partial charge in [0, 0.05) is 28.3 Å². The van der Waals surface area contributed by atoms with Crippen molar-refractivity contribution in [2.75, 3.05) is 18.0 Å². The van der Waals surface area contributed by atoms with Gasteiger partial charge in [-0.05, 0) is 42.9 Å². The lowest BCUT2D eigenvalue weighted by atomic mass is 9.75. The summed E-state index contributed by atoms with van der Waals surface area (Å²) in [6.45, 7) is 2.29. The first kappa shape index (κ1) is 13.5.